The van der Waals surface area contributed by atoms with Gasteiger partial charge in [0.2, 0.25) is 10.0 Å². The second-order valence-electron chi connectivity index (χ2n) is 10.2. The fourth-order valence-electron chi connectivity index (χ4n) is 4.69. The van der Waals surface area contributed by atoms with Crippen LogP contribution in [0.4, 0.5) is 5.69 Å². The molecule has 222 valence electrons. The number of benzene rings is 2. The number of carbonyl (C=O) groups is 1. The number of aliphatic hydroxyl groups excluding tert-OH is 1. The monoisotopic (exact) mass is 606 g/mol. The molecule has 3 aromatic rings. The Hall–Kier alpha value is -3.46. The molecule has 12 nitrogen and oxygen atoms in total. The number of rotatable bonds is 9. The minimum Gasteiger partial charge on any atom is -0.488 e. The van der Waals surface area contributed by atoms with E-state index >= 15 is 0 Å². The molecule has 3 atom stereocenters. The van der Waals surface area contributed by atoms with E-state index in [0.717, 1.165) is 0 Å². The van der Waals surface area contributed by atoms with Crippen LogP contribution in [-0.2, 0) is 20.0 Å². The number of carbonyl (C=O) groups excluding carboxylic acids is 1. The zero-order chi connectivity index (χ0) is 30.1. The van der Waals surface area contributed by atoms with E-state index in [0.29, 0.717) is 0 Å². The van der Waals surface area contributed by atoms with Gasteiger partial charge in [-0.2, -0.15) is 4.31 Å². The highest BCUT2D eigenvalue weighted by atomic mass is 32.2. The van der Waals surface area contributed by atoms with E-state index in [-0.39, 0.29) is 63.9 Å². The normalized spacial score (nSPS) is 18.8. The van der Waals surface area contributed by atoms with Crippen molar-refractivity contribution in [1.82, 2.24) is 14.4 Å². The number of hydrogen-bond acceptors (Lipinski definition) is 9. The average Bonchev–Trinajstić information content (AvgIpc) is 3.29. The third-order valence-electron chi connectivity index (χ3n) is 7.04. The van der Waals surface area contributed by atoms with E-state index < -0.39 is 38.1 Å². The minimum atomic E-state index is -4.09. The second kappa shape index (κ2) is 11.8. The lowest BCUT2D eigenvalue weighted by Crippen LogP contribution is -2.50. The van der Waals surface area contributed by atoms with E-state index in [4.69, 9.17) is 9.26 Å². The Kier molecular flexibility index (Phi) is 8.78. The summed E-state index contributed by atoms with van der Waals surface area (Å²) in [4.78, 5) is 15.2. The lowest BCUT2D eigenvalue weighted by Gasteiger charge is -2.38. The highest BCUT2D eigenvalue weighted by Crippen LogP contribution is 2.32. The molecule has 1 amide bonds. The number of fused-ring (bicyclic) bond motifs is 1. The summed E-state index contributed by atoms with van der Waals surface area (Å²) in [6.07, 6.45) is -0.677. The summed E-state index contributed by atoms with van der Waals surface area (Å²) in [5.74, 6) is -0.509. The van der Waals surface area contributed by atoms with Gasteiger partial charge in [-0.1, -0.05) is 30.3 Å². The maximum atomic E-state index is 13.7. The first-order valence-electron chi connectivity index (χ1n) is 13.0. The van der Waals surface area contributed by atoms with Crippen LogP contribution in [0.25, 0.3) is 0 Å². The van der Waals surface area contributed by atoms with Crippen molar-refractivity contribution in [2.24, 2.45) is 5.92 Å². The van der Waals surface area contributed by atoms with Gasteiger partial charge < -0.3 is 19.3 Å². The molecule has 0 fully saturated rings. The number of sulfonamides is 2. The van der Waals surface area contributed by atoms with Crippen molar-refractivity contribution in [2.75, 3.05) is 31.5 Å². The van der Waals surface area contributed by atoms with Crippen LogP contribution in [0.2, 0.25) is 0 Å². The smallest absolute Gasteiger partial charge is 0.267 e. The molecule has 0 radical (unpaired) electrons. The molecule has 41 heavy (non-hydrogen) atoms. The van der Waals surface area contributed by atoms with Gasteiger partial charge in [-0.3, -0.25) is 9.52 Å². The Morgan fingerprint density at radius 1 is 1.15 bits per heavy atom. The summed E-state index contributed by atoms with van der Waals surface area (Å²) in [6, 6.07) is 11.8. The van der Waals surface area contributed by atoms with E-state index in [1.807, 2.05) is 6.92 Å². The van der Waals surface area contributed by atoms with Crippen LogP contribution in [0.15, 0.2) is 62.8 Å². The summed E-state index contributed by atoms with van der Waals surface area (Å²) in [5.41, 5.74) is 0.357. The van der Waals surface area contributed by atoms with E-state index in [1.54, 1.807) is 25.1 Å². The zero-order valence-electron chi connectivity index (χ0n) is 23.4. The van der Waals surface area contributed by atoms with Gasteiger partial charge in [0.05, 0.1) is 29.7 Å². The van der Waals surface area contributed by atoms with Crippen molar-refractivity contribution in [1.29, 1.82) is 0 Å². The molecule has 1 aliphatic rings. The second-order valence-corrected chi connectivity index (χ2v) is 13.9. The molecular formula is C27H34N4O8S2. The lowest BCUT2D eigenvalue weighted by molar-refractivity contribution is 0.0387. The van der Waals surface area contributed by atoms with Crippen molar-refractivity contribution in [3.63, 3.8) is 0 Å². The molecule has 14 heteroatoms. The van der Waals surface area contributed by atoms with Gasteiger partial charge in [0, 0.05) is 25.2 Å². The molecule has 1 aliphatic heterocycles. The highest BCUT2D eigenvalue weighted by molar-refractivity contribution is 7.92. The van der Waals surface area contributed by atoms with Crippen LogP contribution in [0.3, 0.4) is 0 Å². The molecule has 0 saturated carbocycles. The number of anilines is 1. The molecule has 2 N–H and O–H groups in total. The van der Waals surface area contributed by atoms with Gasteiger partial charge in [0.1, 0.15) is 17.5 Å². The maximum Gasteiger partial charge on any atom is 0.267 e. The van der Waals surface area contributed by atoms with Gasteiger partial charge in [-0.05, 0) is 51.1 Å². The number of amides is 1. The van der Waals surface area contributed by atoms with Gasteiger partial charge >= 0.3 is 0 Å². The predicted octanol–water partition coefficient (Wildman–Crippen LogP) is 2.63. The number of aliphatic hydroxyl groups is 1. The van der Waals surface area contributed by atoms with E-state index in [1.165, 1.54) is 60.4 Å². The van der Waals surface area contributed by atoms with Crippen LogP contribution < -0.4 is 9.46 Å². The fourth-order valence-corrected chi connectivity index (χ4v) is 7.28. The predicted molar refractivity (Wildman–Crippen MR) is 151 cm³/mol. The van der Waals surface area contributed by atoms with Crippen LogP contribution in [0.5, 0.6) is 5.75 Å². The van der Waals surface area contributed by atoms with Gasteiger partial charge in [0.25, 0.3) is 15.9 Å². The molecule has 4 rings (SSSR count). The number of aromatic nitrogens is 1. The van der Waals surface area contributed by atoms with Crippen LogP contribution in [-0.4, -0.2) is 81.1 Å². The highest BCUT2D eigenvalue weighted by Gasteiger charge is 2.35. The van der Waals surface area contributed by atoms with Gasteiger partial charge in [-0.25, -0.2) is 16.8 Å². The molecule has 0 unspecified atom stereocenters. The summed E-state index contributed by atoms with van der Waals surface area (Å²) in [7, 11) is -6.45. The number of ether oxygens (including phenoxy) is 1. The standard InChI is InChI=1S/C27H34N4O8S2/c1-17-14-31(18(2)16-32)27(33)23-13-21(29-40(34,35)26-19(3)28-39-20(26)4)11-12-24(23)38-25(17)15-30(5)41(36,37)22-9-7-6-8-10-22/h6-13,17-18,25,29,32H,14-16H2,1-5H3/t17-,18-,25+/m1/s1. The number of likely N-dealkylation sites (N-methyl/N-ethyl adjacent to an activating group) is 1. The Labute approximate surface area is 240 Å². The average molecular weight is 607 g/mol. The Balaban J connectivity index is 1.70. The molecule has 0 spiro atoms. The molecule has 0 saturated heterocycles. The topological polar surface area (TPSA) is 159 Å². The quantitative estimate of drug-likeness (QED) is 0.373. The van der Waals surface area contributed by atoms with Crippen molar-refractivity contribution in [3.05, 3.63) is 65.5 Å². The van der Waals surface area contributed by atoms with Crippen LogP contribution in [0, 0.1) is 19.8 Å². The third-order valence-corrected chi connectivity index (χ3v) is 10.5. The van der Waals surface area contributed by atoms with Crippen LogP contribution in [0.1, 0.15) is 35.7 Å². The molecule has 2 heterocycles. The van der Waals surface area contributed by atoms with E-state index in [9.17, 15) is 26.7 Å². The van der Waals surface area contributed by atoms with Crippen LogP contribution >= 0.6 is 0 Å². The third kappa shape index (κ3) is 6.25. The van der Waals surface area contributed by atoms with Crippen molar-refractivity contribution >= 4 is 31.6 Å². The molecule has 0 aliphatic carbocycles. The van der Waals surface area contributed by atoms with Crippen molar-refractivity contribution < 1.29 is 36.0 Å². The molecule has 2 aromatic carbocycles. The van der Waals surface area contributed by atoms with Crippen molar-refractivity contribution in [3.8, 4) is 5.75 Å². The fraction of sp³-hybridized carbons (Fsp3) is 0.407. The summed E-state index contributed by atoms with van der Waals surface area (Å²) < 4.78 is 67.5. The first-order chi connectivity index (χ1) is 19.3. The Morgan fingerprint density at radius 2 is 1.83 bits per heavy atom. The number of nitrogens with zero attached hydrogens (tertiary/aromatic N) is 3. The van der Waals surface area contributed by atoms with Gasteiger partial charge in [-0.15, -0.1) is 0 Å². The zero-order valence-corrected chi connectivity index (χ0v) is 25.1. The largest absolute Gasteiger partial charge is 0.488 e. The maximum absolute atomic E-state index is 13.7. The number of aryl methyl sites for hydroxylation is 2. The minimum absolute atomic E-state index is 0.0200. The summed E-state index contributed by atoms with van der Waals surface area (Å²) >= 11 is 0. The molecular weight excluding hydrogens is 572 g/mol. The van der Waals surface area contributed by atoms with Gasteiger partial charge in [0.15, 0.2) is 10.7 Å². The summed E-state index contributed by atoms with van der Waals surface area (Å²) in [6.45, 7) is 6.37. The summed E-state index contributed by atoms with van der Waals surface area (Å²) in [5, 5.41) is 13.6. The number of hydrogen-bond donors (Lipinski definition) is 2. The first-order valence-corrected chi connectivity index (χ1v) is 15.9. The Morgan fingerprint density at radius 3 is 2.44 bits per heavy atom. The SMILES string of the molecule is Cc1noc(C)c1S(=O)(=O)Nc1ccc2c(c1)C(=O)N([C@H](C)CO)C[C@@H](C)[C@H](CN(C)S(=O)(=O)c1ccccc1)O2. The lowest BCUT2D eigenvalue weighted by atomic mass is 9.99. The number of nitrogens with one attached hydrogen (secondary N) is 1. The molecule has 1 aromatic heterocycles. The van der Waals surface area contributed by atoms with E-state index in [2.05, 4.69) is 9.88 Å². The molecule has 0 bridgehead atoms. The Bertz CT molecular complexity index is 1600. The van der Waals surface area contributed by atoms with Crippen molar-refractivity contribution in [2.45, 2.75) is 49.6 Å². The first kappa shape index (κ1) is 30.5.